The van der Waals surface area contributed by atoms with Gasteiger partial charge in [0.05, 0.1) is 17.0 Å². The molecule has 0 aliphatic rings. The van der Waals surface area contributed by atoms with Gasteiger partial charge in [-0.1, -0.05) is 23.9 Å². The van der Waals surface area contributed by atoms with Crippen molar-refractivity contribution >= 4 is 22.7 Å². The summed E-state index contributed by atoms with van der Waals surface area (Å²) in [4.78, 5) is 20.1. The second-order valence-electron chi connectivity index (χ2n) is 6.90. The van der Waals surface area contributed by atoms with Crippen molar-refractivity contribution < 1.29 is 0 Å². The highest BCUT2D eigenvalue weighted by Crippen LogP contribution is 2.19. The van der Waals surface area contributed by atoms with E-state index in [1.807, 2.05) is 24.3 Å². The Kier molecular flexibility index (Phi) is 7.67. The van der Waals surface area contributed by atoms with Crippen molar-refractivity contribution in [1.82, 2.24) is 14.5 Å². The molecule has 0 unspecified atom stereocenters. The Morgan fingerprint density at radius 3 is 2.58 bits per heavy atom. The standard InChI is InChI=1S/C20H28N4OS/c1-15(2)23(16(3)4)12-13-24-19(25)17-9-5-6-10-18(17)22-20(24)26-14-8-7-11-21/h5-6,9-10,15-16H,7-8,12-14H2,1-4H3. The first-order valence-electron chi connectivity index (χ1n) is 9.20. The third kappa shape index (κ3) is 5.09. The summed E-state index contributed by atoms with van der Waals surface area (Å²) in [6.45, 7) is 10.1. The van der Waals surface area contributed by atoms with Gasteiger partial charge >= 0.3 is 0 Å². The maximum absolute atomic E-state index is 13.0. The lowest BCUT2D eigenvalue weighted by Gasteiger charge is -2.30. The molecule has 0 radical (unpaired) electrons. The molecule has 0 bridgehead atoms. The number of benzene rings is 1. The van der Waals surface area contributed by atoms with Crippen LogP contribution in [0, 0.1) is 11.3 Å². The van der Waals surface area contributed by atoms with Crippen LogP contribution in [-0.4, -0.2) is 38.8 Å². The number of para-hydroxylation sites is 1. The number of hydrogen-bond donors (Lipinski definition) is 0. The minimum absolute atomic E-state index is 0.0193. The maximum atomic E-state index is 13.0. The molecule has 140 valence electrons. The lowest BCUT2D eigenvalue weighted by molar-refractivity contribution is 0.166. The van der Waals surface area contributed by atoms with E-state index in [2.05, 4.69) is 38.7 Å². The van der Waals surface area contributed by atoms with Gasteiger partial charge in [0.15, 0.2) is 5.16 Å². The van der Waals surface area contributed by atoms with E-state index in [-0.39, 0.29) is 5.56 Å². The van der Waals surface area contributed by atoms with Crippen molar-refractivity contribution in [3.05, 3.63) is 34.6 Å². The Morgan fingerprint density at radius 2 is 1.92 bits per heavy atom. The number of fused-ring (bicyclic) bond motifs is 1. The van der Waals surface area contributed by atoms with E-state index in [0.717, 1.165) is 29.4 Å². The summed E-state index contributed by atoms with van der Waals surface area (Å²) in [5.74, 6) is 0.788. The van der Waals surface area contributed by atoms with Crippen LogP contribution in [0.15, 0.2) is 34.2 Å². The smallest absolute Gasteiger partial charge is 0.262 e. The molecule has 6 heteroatoms. The monoisotopic (exact) mass is 372 g/mol. The second-order valence-corrected chi connectivity index (χ2v) is 7.97. The largest absolute Gasteiger partial charge is 0.297 e. The zero-order valence-electron chi connectivity index (χ0n) is 16.1. The summed E-state index contributed by atoms with van der Waals surface area (Å²) < 4.78 is 1.80. The molecule has 0 N–H and O–H groups in total. The predicted molar refractivity (Wildman–Crippen MR) is 109 cm³/mol. The fourth-order valence-electron chi connectivity index (χ4n) is 3.10. The van der Waals surface area contributed by atoms with Crippen molar-refractivity contribution in [3.8, 4) is 6.07 Å². The number of hydrogen-bond acceptors (Lipinski definition) is 5. The average molecular weight is 373 g/mol. The maximum Gasteiger partial charge on any atom is 0.262 e. The number of nitrogens with zero attached hydrogens (tertiary/aromatic N) is 4. The van der Waals surface area contributed by atoms with Gasteiger partial charge in [-0.3, -0.25) is 14.3 Å². The minimum atomic E-state index is 0.0193. The molecule has 0 spiro atoms. The van der Waals surface area contributed by atoms with Gasteiger partial charge < -0.3 is 0 Å². The molecule has 0 amide bonds. The summed E-state index contributed by atoms with van der Waals surface area (Å²) in [5.41, 5.74) is 0.756. The third-order valence-corrected chi connectivity index (χ3v) is 5.46. The molecular weight excluding hydrogens is 344 g/mol. The molecule has 26 heavy (non-hydrogen) atoms. The number of unbranched alkanes of at least 4 members (excludes halogenated alkanes) is 1. The second kappa shape index (κ2) is 9.75. The Hall–Kier alpha value is -1.84. The van der Waals surface area contributed by atoms with Crippen LogP contribution >= 0.6 is 11.8 Å². The van der Waals surface area contributed by atoms with Crippen LogP contribution in [0.25, 0.3) is 10.9 Å². The van der Waals surface area contributed by atoms with Crippen molar-refractivity contribution in [1.29, 1.82) is 5.26 Å². The zero-order valence-corrected chi connectivity index (χ0v) is 16.9. The van der Waals surface area contributed by atoms with E-state index in [0.29, 0.717) is 30.4 Å². The van der Waals surface area contributed by atoms with Gasteiger partial charge in [0.25, 0.3) is 5.56 Å². The molecule has 0 aliphatic heterocycles. The van der Waals surface area contributed by atoms with E-state index in [1.54, 1.807) is 16.3 Å². The molecule has 2 aromatic rings. The zero-order chi connectivity index (χ0) is 19.1. The van der Waals surface area contributed by atoms with Gasteiger partial charge in [0.2, 0.25) is 0 Å². The molecule has 0 fully saturated rings. The summed E-state index contributed by atoms with van der Waals surface area (Å²) in [6, 6.07) is 10.5. The molecule has 1 heterocycles. The summed E-state index contributed by atoms with van der Waals surface area (Å²) >= 11 is 1.57. The fourth-order valence-corrected chi connectivity index (χ4v) is 4.06. The molecule has 0 aliphatic carbocycles. The Balaban J connectivity index is 2.33. The number of thioether (sulfide) groups is 1. The molecule has 1 aromatic heterocycles. The highest BCUT2D eigenvalue weighted by Gasteiger charge is 2.16. The Labute approximate surface area is 160 Å². The number of nitriles is 1. The van der Waals surface area contributed by atoms with Crippen LogP contribution in [0.1, 0.15) is 40.5 Å². The molecular formula is C20H28N4OS. The first-order valence-corrected chi connectivity index (χ1v) is 10.2. The van der Waals surface area contributed by atoms with E-state index in [4.69, 9.17) is 10.2 Å². The van der Waals surface area contributed by atoms with Gasteiger partial charge in [-0.25, -0.2) is 4.98 Å². The Bertz CT molecular complexity index is 815. The summed E-state index contributed by atoms with van der Waals surface area (Å²) in [5, 5.41) is 10.1. The quantitative estimate of drug-likeness (QED) is 0.379. The van der Waals surface area contributed by atoms with Gasteiger partial charge in [0.1, 0.15) is 0 Å². The molecule has 5 nitrogen and oxygen atoms in total. The van der Waals surface area contributed by atoms with Crippen LogP contribution in [0.4, 0.5) is 0 Å². The first kappa shape index (κ1) is 20.5. The SMILES string of the molecule is CC(C)N(CCn1c(SCCCC#N)nc2ccccc2c1=O)C(C)C. The van der Waals surface area contributed by atoms with Crippen molar-refractivity contribution in [2.45, 2.75) is 64.3 Å². The lowest BCUT2D eigenvalue weighted by Crippen LogP contribution is -2.40. The molecule has 0 saturated heterocycles. The van der Waals surface area contributed by atoms with E-state index < -0.39 is 0 Å². The highest BCUT2D eigenvalue weighted by molar-refractivity contribution is 7.99. The van der Waals surface area contributed by atoms with Crippen LogP contribution in [0.2, 0.25) is 0 Å². The van der Waals surface area contributed by atoms with E-state index in [1.165, 1.54) is 0 Å². The van der Waals surface area contributed by atoms with E-state index in [9.17, 15) is 4.79 Å². The predicted octanol–water partition coefficient (Wildman–Crippen LogP) is 3.91. The van der Waals surface area contributed by atoms with Crippen molar-refractivity contribution in [2.24, 2.45) is 0 Å². The van der Waals surface area contributed by atoms with Crippen LogP contribution in [-0.2, 0) is 6.54 Å². The minimum Gasteiger partial charge on any atom is -0.297 e. The molecule has 1 aromatic carbocycles. The first-order chi connectivity index (χ1) is 12.5. The third-order valence-electron chi connectivity index (χ3n) is 4.40. The Morgan fingerprint density at radius 1 is 1.23 bits per heavy atom. The van der Waals surface area contributed by atoms with Gasteiger partial charge in [-0.05, 0) is 46.2 Å². The lowest BCUT2D eigenvalue weighted by atomic mass is 10.2. The topological polar surface area (TPSA) is 61.9 Å². The normalized spacial score (nSPS) is 11.6. The van der Waals surface area contributed by atoms with Crippen molar-refractivity contribution in [3.63, 3.8) is 0 Å². The number of rotatable bonds is 9. The number of aromatic nitrogens is 2. The fraction of sp³-hybridized carbons (Fsp3) is 0.550. The van der Waals surface area contributed by atoms with Gasteiger partial charge in [-0.15, -0.1) is 0 Å². The molecule has 2 rings (SSSR count). The summed E-state index contributed by atoms with van der Waals surface area (Å²) in [7, 11) is 0. The van der Waals surface area contributed by atoms with Crippen molar-refractivity contribution in [2.75, 3.05) is 12.3 Å². The summed E-state index contributed by atoms with van der Waals surface area (Å²) in [6.07, 6.45) is 1.33. The van der Waals surface area contributed by atoms with Crippen LogP contribution in [0.5, 0.6) is 0 Å². The van der Waals surface area contributed by atoms with Crippen LogP contribution in [0.3, 0.4) is 0 Å². The molecule has 0 atom stereocenters. The molecule has 0 saturated carbocycles. The van der Waals surface area contributed by atoms with Gasteiger partial charge in [0, 0.05) is 37.3 Å². The van der Waals surface area contributed by atoms with Crippen LogP contribution < -0.4 is 5.56 Å². The van der Waals surface area contributed by atoms with E-state index >= 15 is 0 Å². The van der Waals surface area contributed by atoms with Gasteiger partial charge in [-0.2, -0.15) is 5.26 Å². The average Bonchev–Trinajstić information content (AvgIpc) is 2.60. The highest BCUT2D eigenvalue weighted by atomic mass is 32.2.